The van der Waals surface area contributed by atoms with Gasteiger partial charge in [-0.2, -0.15) is 12.6 Å². The van der Waals surface area contributed by atoms with Crippen LogP contribution in [-0.4, -0.2) is 11.5 Å². The van der Waals surface area contributed by atoms with Crippen molar-refractivity contribution in [3.05, 3.63) is 35.4 Å². The second kappa shape index (κ2) is 4.31. The Hall–Kier alpha value is -0.760. The molecule has 0 atom stereocenters. The van der Waals surface area contributed by atoms with Gasteiger partial charge in [0.15, 0.2) is 0 Å². The van der Waals surface area contributed by atoms with Crippen molar-refractivity contribution in [1.29, 1.82) is 0 Å². The fourth-order valence-corrected chi connectivity index (χ4v) is 1.10. The van der Waals surface area contributed by atoms with E-state index in [0.29, 0.717) is 12.2 Å². The van der Waals surface area contributed by atoms with Gasteiger partial charge < -0.3 is 0 Å². The Bertz CT molecular complexity index is 264. The fraction of sp³-hybridized carbons (Fsp3) is 0.300. The number of thiol groups is 1. The summed E-state index contributed by atoms with van der Waals surface area (Å²) in [4.78, 5) is 11.0. The van der Waals surface area contributed by atoms with Crippen molar-refractivity contribution in [1.82, 2.24) is 0 Å². The highest BCUT2D eigenvalue weighted by Gasteiger charge is 1.99. The molecule has 0 bridgehead atoms. The van der Waals surface area contributed by atoms with Crippen molar-refractivity contribution >= 4 is 18.4 Å². The molecule has 0 radical (unpaired) electrons. The number of carbonyl (C=O) groups excluding carboxylic acids is 1. The van der Waals surface area contributed by atoms with Crippen molar-refractivity contribution in [2.75, 3.05) is 5.75 Å². The molecule has 1 rings (SSSR count). The summed E-state index contributed by atoms with van der Waals surface area (Å²) in [6.45, 7) is 2.03. The van der Waals surface area contributed by atoms with Gasteiger partial charge in [-0.25, -0.2) is 0 Å². The Morgan fingerprint density at radius 3 is 2.42 bits per heavy atom. The van der Waals surface area contributed by atoms with Gasteiger partial charge >= 0.3 is 0 Å². The molecule has 0 aliphatic heterocycles. The van der Waals surface area contributed by atoms with Crippen LogP contribution in [0.15, 0.2) is 24.3 Å². The summed E-state index contributed by atoms with van der Waals surface area (Å²) in [7, 11) is 0. The Morgan fingerprint density at radius 1 is 1.33 bits per heavy atom. The molecule has 1 aromatic rings. The highest BCUT2D eigenvalue weighted by atomic mass is 32.1. The molecule has 0 fully saturated rings. The molecule has 64 valence electrons. The first kappa shape index (κ1) is 9.33. The molecule has 1 aromatic carbocycles. The number of Topliss-reactive ketones (excluding diaryl/α,β-unsaturated/α-hetero) is 1. The second-order valence-electron chi connectivity index (χ2n) is 2.86. The molecule has 1 nitrogen and oxygen atoms in total. The maximum Gasteiger partial charge on any atom is 0.146 e. The number of ketones is 1. The Balaban J connectivity index is 2.64. The number of hydrogen-bond acceptors (Lipinski definition) is 2. The third-order valence-corrected chi connectivity index (χ3v) is 2.05. The van der Waals surface area contributed by atoms with E-state index in [0.717, 1.165) is 5.56 Å². The average molecular weight is 180 g/mol. The fourth-order valence-electron chi connectivity index (χ4n) is 0.990. The van der Waals surface area contributed by atoms with Crippen LogP contribution in [0.2, 0.25) is 0 Å². The summed E-state index contributed by atoms with van der Waals surface area (Å²) in [6.07, 6.45) is 0.504. The first-order valence-electron chi connectivity index (χ1n) is 3.90. The number of carbonyl (C=O) groups is 1. The predicted molar refractivity (Wildman–Crippen MR) is 53.7 cm³/mol. The number of benzene rings is 1. The third kappa shape index (κ3) is 2.70. The first-order chi connectivity index (χ1) is 5.72. The van der Waals surface area contributed by atoms with E-state index in [1.807, 2.05) is 31.2 Å². The molecular formula is C10H12OS. The van der Waals surface area contributed by atoms with Gasteiger partial charge in [0.1, 0.15) is 5.78 Å². The van der Waals surface area contributed by atoms with Crippen LogP contribution in [0.5, 0.6) is 0 Å². The van der Waals surface area contributed by atoms with Gasteiger partial charge in [-0.1, -0.05) is 29.8 Å². The van der Waals surface area contributed by atoms with E-state index in [1.165, 1.54) is 5.56 Å². The molecule has 2 heteroatoms. The van der Waals surface area contributed by atoms with E-state index in [9.17, 15) is 4.79 Å². The van der Waals surface area contributed by atoms with Crippen LogP contribution in [0.4, 0.5) is 0 Å². The summed E-state index contributed by atoms with van der Waals surface area (Å²) in [5, 5.41) is 0. The Labute approximate surface area is 78.2 Å². The lowest BCUT2D eigenvalue weighted by atomic mass is 10.1. The molecule has 0 N–H and O–H groups in total. The standard InChI is InChI=1S/C10H12OS/c1-8-2-4-9(5-3-8)6-10(11)7-12/h2-5,12H,6-7H2,1H3. The van der Waals surface area contributed by atoms with Gasteiger partial charge in [0.25, 0.3) is 0 Å². The monoisotopic (exact) mass is 180 g/mol. The van der Waals surface area contributed by atoms with Crippen LogP contribution in [0.25, 0.3) is 0 Å². The normalized spacial score (nSPS) is 9.83. The van der Waals surface area contributed by atoms with Gasteiger partial charge in [0.2, 0.25) is 0 Å². The molecule has 0 aromatic heterocycles. The SMILES string of the molecule is Cc1ccc(CC(=O)CS)cc1. The van der Waals surface area contributed by atoms with E-state index in [-0.39, 0.29) is 5.78 Å². The largest absolute Gasteiger partial charge is 0.298 e. The van der Waals surface area contributed by atoms with E-state index < -0.39 is 0 Å². The lowest BCUT2D eigenvalue weighted by molar-refractivity contribution is -0.115. The van der Waals surface area contributed by atoms with Gasteiger partial charge in [-0.05, 0) is 12.5 Å². The van der Waals surface area contributed by atoms with Gasteiger partial charge in [0, 0.05) is 12.2 Å². The lowest BCUT2D eigenvalue weighted by Crippen LogP contribution is -2.03. The predicted octanol–water partition coefficient (Wildman–Crippen LogP) is 2.04. The van der Waals surface area contributed by atoms with Gasteiger partial charge in [0.05, 0.1) is 0 Å². The van der Waals surface area contributed by atoms with E-state index >= 15 is 0 Å². The molecule has 0 amide bonds. The molecule has 0 aliphatic rings. The van der Waals surface area contributed by atoms with E-state index in [1.54, 1.807) is 0 Å². The molecule has 12 heavy (non-hydrogen) atoms. The van der Waals surface area contributed by atoms with Crippen LogP contribution < -0.4 is 0 Å². The van der Waals surface area contributed by atoms with Crippen molar-refractivity contribution in [2.24, 2.45) is 0 Å². The zero-order chi connectivity index (χ0) is 8.97. The summed E-state index contributed by atoms with van der Waals surface area (Å²) in [5.74, 6) is 0.496. The minimum atomic E-state index is 0.169. The third-order valence-electron chi connectivity index (χ3n) is 1.70. The molecule has 0 aliphatic carbocycles. The maximum atomic E-state index is 11.0. The van der Waals surface area contributed by atoms with Crippen molar-refractivity contribution in [3.63, 3.8) is 0 Å². The minimum absolute atomic E-state index is 0.169. The molecule has 0 saturated heterocycles. The average Bonchev–Trinajstić information content (AvgIpc) is 2.09. The molecule has 0 heterocycles. The topological polar surface area (TPSA) is 17.1 Å². The summed E-state index contributed by atoms with van der Waals surface area (Å²) in [6, 6.07) is 8.00. The highest BCUT2D eigenvalue weighted by molar-refractivity contribution is 7.81. The summed E-state index contributed by atoms with van der Waals surface area (Å²) < 4.78 is 0. The quantitative estimate of drug-likeness (QED) is 0.704. The molecule has 0 unspecified atom stereocenters. The van der Waals surface area contributed by atoms with E-state index in [2.05, 4.69) is 12.6 Å². The minimum Gasteiger partial charge on any atom is -0.298 e. The van der Waals surface area contributed by atoms with Crippen molar-refractivity contribution < 1.29 is 4.79 Å². The zero-order valence-electron chi connectivity index (χ0n) is 7.08. The van der Waals surface area contributed by atoms with E-state index in [4.69, 9.17) is 0 Å². The maximum absolute atomic E-state index is 11.0. The van der Waals surface area contributed by atoms with Crippen LogP contribution in [0, 0.1) is 6.92 Å². The van der Waals surface area contributed by atoms with Gasteiger partial charge in [-0.15, -0.1) is 0 Å². The lowest BCUT2D eigenvalue weighted by Gasteiger charge is -1.98. The van der Waals surface area contributed by atoms with Crippen molar-refractivity contribution in [3.8, 4) is 0 Å². The first-order valence-corrected chi connectivity index (χ1v) is 4.53. The van der Waals surface area contributed by atoms with Gasteiger partial charge in [-0.3, -0.25) is 4.79 Å². The highest BCUT2D eigenvalue weighted by Crippen LogP contribution is 2.04. The molecule has 0 saturated carbocycles. The molecule has 0 spiro atoms. The van der Waals surface area contributed by atoms with Crippen LogP contribution in [0.3, 0.4) is 0 Å². The second-order valence-corrected chi connectivity index (χ2v) is 3.18. The number of hydrogen-bond donors (Lipinski definition) is 1. The van der Waals surface area contributed by atoms with Crippen molar-refractivity contribution in [2.45, 2.75) is 13.3 Å². The van der Waals surface area contributed by atoms with Crippen LogP contribution >= 0.6 is 12.6 Å². The number of rotatable bonds is 3. The zero-order valence-corrected chi connectivity index (χ0v) is 7.97. The molecular weight excluding hydrogens is 168 g/mol. The summed E-state index contributed by atoms with van der Waals surface area (Å²) in [5.41, 5.74) is 2.29. The smallest absolute Gasteiger partial charge is 0.146 e. The van der Waals surface area contributed by atoms with Crippen LogP contribution in [0.1, 0.15) is 11.1 Å². The Kier molecular flexibility index (Phi) is 3.35. The number of aryl methyl sites for hydroxylation is 1. The summed E-state index contributed by atoms with van der Waals surface area (Å²) >= 11 is 3.92. The Morgan fingerprint density at radius 2 is 1.92 bits per heavy atom. The van der Waals surface area contributed by atoms with Crippen LogP contribution in [-0.2, 0) is 11.2 Å².